The van der Waals surface area contributed by atoms with Crippen molar-refractivity contribution in [3.05, 3.63) is 77.5 Å². The molecule has 2 heterocycles. The van der Waals surface area contributed by atoms with E-state index in [2.05, 4.69) is 15.6 Å². The van der Waals surface area contributed by atoms with E-state index < -0.39 is 41.6 Å². The summed E-state index contributed by atoms with van der Waals surface area (Å²) in [4.78, 5) is 42.6. The van der Waals surface area contributed by atoms with Crippen LogP contribution in [0.4, 0.5) is 13.6 Å². The van der Waals surface area contributed by atoms with Gasteiger partial charge in [-0.05, 0) is 31.0 Å². The zero-order valence-corrected chi connectivity index (χ0v) is 17.2. The van der Waals surface area contributed by atoms with E-state index in [1.807, 2.05) is 30.3 Å². The highest BCUT2D eigenvalue weighted by atomic mass is 19.1. The topological polar surface area (TPSA) is 91.4 Å². The van der Waals surface area contributed by atoms with Crippen LogP contribution in [0.5, 0.6) is 0 Å². The molecule has 9 heteroatoms. The maximum absolute atomic E-state index is 14.2. The molecule has 4 rings (SSSR count). The van der Waals surface area contributed by atoms with Gasteiger partial charge in [0.05, 0.1) is 5.52 Å². The number of urea groups is 1. The second-order valence-corrected chi connectivity index (χ2v) is 7.66. The van der Waals surface area contributed by atoms with Crippen LogP contribution in [0, 0.1) is 11.6 Å². The quantitative estimate of drug-likeness (QED) is 0.579. The van der Waals surface area contributed by atoms with Crippen molar-refractivity contribution in [2.75, 3.05) is 13.1 Å². The van der Waals surface area contributed by atoms with Crippen molar-refractivity contribution < 1.29 is 23.2 Å². The van der Waals surface area contributed by atoms with Crippen LogP contribution < -0.4 is 10.6 Å². The zero-order valence-electron chi connectivity index (χ0n) is 17.2. The Morgan fingerprint density at radius 1 is 1.16 bits per heavy atom. The van der Waals surface area contributed by atoms with Gasteiger partial charge in [-0.3, -0.25) is 19.5 Å². The average molecular weight is 438 g/mol. The van der Waals surface area contributed by atoms with E-state index in [9.17, 15) is 23.2 Å². The molecule has 0 saturated carbocycles. The Kier molecular flexibility index (Phi) is 5.56. The first-order valence-electron chi connectivity index (χ1n) is 9.98. The van der Waals surface area contributed by atoms with Gasteiger partial charge in [-0.15, -0.1) is 0 Å². The molecule has 1 unspecified atom stereocenters. The lowest BCUT2D eigenvalue weighted by Gasteiger charge is -2.22. The third-order valence-electron chi connectivity index (χ3n) is 5.48. The van der Waals surface area contributed by atoms with Crippen molar-refractivity contribution in [3.63, 3.8) is 0 Å². The van der Waals surface area contributed by atoms with Gasteiger partial charge in [0.15, 0.2) is 0 Å². The van der Waals surface area contributed by atoms with Crippen LogP contribution in [0.15, 0.2) is 54.7 Å². The smallest absolute Gasteiger partial charge is 0.325 e. The molecule has 32 heavy (non-hydrogen) atoms. The molecule has 7 nitrogen and oxygen atoms in total. The van der Waals surface area contributed by atoms with Crippen molar-refractivity contribution in [1.29, 1.82) is 0 Å². The van der Waals surface area contributed by atoms with Gasteiger partial charge in [-0.25, -0.2) is 13.6 Å². The van der Waals surface area contributed by atoms with Gasteiger partial charge in [0.1, 0.15) is 23.7 Å². The van der Waals surface area contributed by atoms with Gasteiger partial charge in [-0.2, -0.15) is 0 Å². The normalized spacial score (nSPS) is 18.2. The van der Waals surface area contributed by atoms with Crippen LogP contribution in [0.1, 0.15) is 18.1 Å². The first kappa shape index (κ1) is 21.4. The lowest BCUT2D eigenvalue weighted by atomic mass is 9.91. The summed E-state index contributed by atoms with van der Waals surface area (Å²) < 4.78 is 27.5. The van der Waals surface area contributed by atoms with E-state index in [0.717, 1.165) is 33.5 Å². The van der Waals surface area contributed by atoms with Gasteiger partial charge in [0, 0.05) is 29.8 Å². The highest BCUT2D eigenvalue weighted by Crippen LogP contribution is 2.30. The molecular formula is C23H20F2N4O3. The Labute approximate surface area is 182 Å². The summed E-state index contributed by atoms with van der Waals surface area (Å²) in [5.41, 5.74) is -0.110. The Morgan fingerprint density at radius 2 is 1.94 bits per heavy atom. The summed E-state index contributed by atoms with van der Waals surface area (Å²) in [6, 6.07) is 11.5. The monoisotopic (exact) mass is 438 g/mol. The molecule has 1 atom stereocenters. The number of halogens is 2. The summed E-state index contributed by atoms with van der Waals surface area (Å²) in [5, 5.41) is 6.08. The Balaban J connectivity index is 1.40. The summed E-state index contributed by atoms with van der Waals surface area (Å²) in [7, 11) is 0. The zero-order chi connectivity index (χ0) is 22.9. The molecule has 1 aliphatic heterocycles. The molecule has 164 valence electrons. The van der Waals surface area contributed by atoms with Crippen LogP contribution in [-0.2, 0) is 21.5 Å². The number of amides is 4. The molecule has 1 aromatic heterocycles. The number of hydrogen-bond acceptors (Lipinski definition) is 4. The molecule has 0 bridgehead atoms. The Morgan fingerprint density at radius 3 is 2.72 bits per heavy atom. The summed E-state index contributed by atoms with van der Waals surface area (Å²) in [6.07, 6.45) is 2.21. The largest absolute Gasteiger partial charge is 0.354 e. The Bertz CT molecular complexity index is 1230. The van der Waals surface area contributed by atoms with E-state index in [1.54, 1.807) is 6.20 Å². The van der Waals surface area contributed by atoms with Crippen molar-refractivity contribution >= 4 is 28.7 Å². The Hall–Kier alpha value is -3.88. The highest BCUT2D eigenvalue weighted by Gasteiger charge is 2.50. The fourth-order valence-corrected chi connectivity index (χ4v) is 3.82. The molecule has 1 aliphatic rings. The van der Waals surface area contributed by atoms with E-state index in [-0.39, 0.29) is 12.1 Å². The second kappa shape index (κ2) is 8.33. The van der Waals surface area contributed by atoms with E-state index in [4.69, 9.17) is 0 Å². The van der Waals surface area contributed by atoms with Gasteiger partial charge < -0.3 is 10.6 Å². The average Bonchev–Trinajstić information content (AvgIpc) is 2.97. The minimum absolute atomic E-state index is 0.177. The van der Waals surface area contributed by atoms with Crippen molar-refractivity contribution in [2.24, 2.45) is 0 Å². The third kappa shape index (κ3) is 3.89. The fourth-order valence-electron chi connectivity index (χ4n) is 3.82. The number of nitrogens with one attached hydrogen (secondary N) is 2. The van der Waals surface area contributed by atoms with Crippen LogP contribution in [0.3, 0.4) is 0 Å². The minimum Gasteiger partial charge on any atom is -0.354 e. The molecular weight excluding hydrogens is 418 g/mol. The number of carbonyl (C=O) groups is 3. The molecule has 4 amide bonds. The van der Waals surface area contributed by atoms with Gasteiger partial charge in [-0.1, -0.05) is 30.3 Å². The third-order valence-corrected chi connectivity index (χ3v) is 5.48. The van der Waals surface area contributed by atoms with Crippen molar-refractivity contribution in [1.82, 2.24) is 20.5 Å². The maximum atomic E-state index is 14.2. The molecule has 0 radical (unpaired) electrons. The van der Waals surface area contributed by atoms with Crippen LogP contribution in [0.25, 0.3) is 10.9 Å². The van der Waals surface area contributed by atoms with E-state index in [0.29, 0.717) is 12.5 Å². The lowest BCUT2D eigenvalue weighted by Crippen LogP contribution is -2.44. The minimum atomic E-state index is -1.73. The van der Waals surface area contributed by atoms with E-state index >= 15 is 0 Å². The molecule has 2 N–H and O–H groups in total. The molecule has 2 aromatic carbocycles. The number of hydrogen-bond donors (Lipinski definition) is 2. The number of fused-ring (bicyclic) bond motifs is 1. The van der Waals surface area contributed by atoms with Crippen molar-refractivity contribution in [3.8, 4) is 0 Å². The number of para-hydroxylation sites is 1. The maximum Gasteiger partial charge on any atom is 0.325 e. The van der Waals surface area contributed by atoms with Crippen molar-refractivity contribution in [2.45, 2.75) is 18.9 Å². The van der Waals surface area contributed by atoms with Gasteiger partial charge in [0.25, 0.3) is 5.91 Å². The van der Waals surface area contributed by atoms with E-state index in [1.165, 1.54) is 6.92 Å². The summed E-state index contributed by atoms with van der Waals surface area (Å²) in [5.74, 6) is -3.09. The van der Waals surface area contributed by atoms with Gasteiger partial charge >= 0.3 is 6.03 Å². The number of aromatic nitrogens is 1. The standard InChI is InChI=1S/C23H20F2N4O3/c1-23(17-8-7-16(24)12-18(17)25)21(31)29(22(32)28-23)13-19(30)26-11-9-15-5-2-4-14-6-3-10-27-20(14)15/h2-8,10,12H,9,11,13H2,1H3,(H,26,30)(H,28,32). The second-order valence-electron chi connectivity index (χ2n) is 7.66. The molecule has 1 saturated heterocycles. The van der Waals surface area contributed by atoms with Crippen LogP contribution in [-0.4, -0.2) is 40.8 Å². The number of benzene rings is 2. The molecule has 0 aliphatic carbocycles. The molecule has 3 aromatic rings. The van der Waals surface area contributed by atoms with Crippen LogP contribution >= 0.6 is 0 Å². The number of imide groups is 1. The predicted molar refractivity (Wildman–Crippen MR) is 112 cm³/mol. The number of pyridine rings is 1. The number of carbonyl (C=O) groups excluding carboxylic acids is 3. The summed E-state index contributed by atoms with van der Waals surface area (Å²) in [6.45, 7) is 1.08. The predicted octanol–water partition coefficient (Wildman–Crippen LogP) is 2.64. The number of rotatable bonds is 6. The highest BCUT2D eigenvalue weighted by molar-refractivity contribution is 6.09. The molecule has 0 spiro atoms. The SMILES string of the molecule is CC1(c2ccc(F)cc2F)NC(=O)N(CC(=O)NCCc2cccc3cccnc23)C1=O. The first-order chi connectivity index (χ1) is 15.3. The number of nitrogens with zero attached hydrogens (tertiary/aromatic N) is 2. The summed E-state index contributed by atoms with van der Waals surface area (Å²) >= 11 is 0. The molecule has 1 fully saturated rings. The fraction of sp³-hybridized carbons (Fsp3) is 0.217. The van der Waals surface area contributed by atoms with Gasteiger partial charge in [0.2, 0.25) is 5.91 Å². The van der Waals surface area contributed by atoms with Crippen LogP contribution in [0.2, 0.25) is 0 Å². The first-order valence-corrected chi connectivity index (χ1v) is 9.98. The lowest BCUT2D eigenvalue weighted by molar-refractivity contribution is -0.134.